The molecule has 2 aromatic rings. The summed E-state index contributed by atoms with van der Waals surface area (Å²) >= 11 is 3.40. The van der Waals surface area contributed by atoms with Crippen LogP contribution in [0.1, 0.15) is 33.0 Å². The largest absolute Gasteiger partial charge is 0.477 e. The lowest BCUT2D eigenvalue weighted by Crippen LogP contribution is -2.71. The maximum Gasteiger partial charge on any atom is 0.407 e. The van der Waals surface area contributed by atoms with Crippen LogP contribution in [0.2, 0.25) is 0 Å². The van der Waals surface area contributed by atoms with E-state index >= 15 is 0 Å². The number of hydrogen-bond donors (Lipinski definition) is 4. The molecular weight excluding hydrogens is 627 g/mol. The summed E-state index contributed by atoms with van der Waals surface area (Å²) in [4.78, 5) is 59.8. The number of alkyl carbamates (subject to hydrolysis) is 1. The van der Waals surface area contributed by atoms with Crippen molar-refractivity contribution in [3.8, 4) is 0 Å². The number of fused-ring (bicyclic) bond motifs is 1. The fourth-order valence-electron chi connectivity index (χ4n) is 3.94. The number of aromatic nitrogens is 6. The first-order valence-electron chi connectivity index (χ1n) is 12.7. The molecule has 3 amide bonds. The van der Waals surface area contributed by atoms with Gasteiger partial charge in [-0.2, -0.15) is 9.36 Å². The molecule has 4 rings (SSSR count). The van der Waals surface area contributed by atoms with Crippen molar-refractivity contribution >= 4 is 69.8 Å². The summed E-state index contributed by atoms with van der Waals surface area (Å²) in [7, 11) is 1.24. The van der Waals surface area contributed by atoms with Crippen molar-refractivity contribution in [2.45, 2.75) is 55.9 Å². The molecule has 5 N–H and O–H groups in total. The number of carboxylic acids is 1. The topological polar surface area (TPSA) is 242 Å². The quantitative estimate of drug-likeness (QED) is 0.0767. The van der Waals surface area contributed by atoms with Crippen LogP contribution in [0.15, 0.2) is 21.6 Å². The highest BCUT2D eigenvalue weighted by Crippen LogP contribution is 2.41. The van der Waals surface area contributed by atoms with Gasteiger partial charge in [0.15, 0.2) is 5.13 Å². The van der Waals surface area contributed by atoms with Gasteiger partial charge in [-0.05, 0) is 43.2 Å². The average molecular weight is 656 g/mol. The van der Waals surface area contributed by atoms with Crippen molar-refractivity contribution in [1.82, 2.24) is 45.1 Å². The maximum atomic E-state index is 13.1. The number of carboxylic acid groups (broad SMARTS) is 1. The van der Waals surface area contributed by atoms with Crippen LogP contribution >= 0.6 is 35.1 Å². The van der Waals surface area contributed by atoms with E-state index in [1.54, 1.807) is 25.5 Å². The Kier molecular flexibility index (Phi) is 10.1. The van der Waals surface area contributed by atoms with E-state index < -0.39 is 40.9 Å². The second-order valence-electron chi connectivity index (χ2n) is 9.95. The highest BCUT2D eigenvalue weighted by molar-refractivity contribution is 8.01. The zero-order valence-corrected chi connectivity index (χ0v) is 25.9. The summed E-state index contributed by atoms with van der Waals surface area (Å²) in [6.07, 6.45) is 0.00363. The van der Waals surface area contributed by atoms with Crippen molar-refractivity contribution in [2.75, 3.05) is 30.9 Å². The molecule has 0 radical (unpaired) electrons. The van der Waals surface area contributed by atoms with E-state index in [1.165, 1.54) is 30.6 Å². The molecule has 2 aliphatic rings. The van der Waals surface area contributed by atoms with Crippen LogP contribution in [0.4, 0.5) is 9.93 Å². The number of tetrazole rings is 1. The number of nitrogens with one attached hydrogen (secondary N) is 2. The average Bonchev–Trinajstić information content (AvgIpc) is 3.58. The van der Waals surface area contributed by atoms with E-state index in [9.17, 15) is 24.3 Å². The summed E-state index contributed by atoms with van der Waals surface area (Å²) in [5, 5.41) is 30.5. The van der Waals surface area contributed by atoms with Gasteiger partial charge in [0, 0.05) is 36.1 Å². The van der Waals surface area contributed by atoms with Crippen molar-refractivity contribution in [1.29, 1.82) is 0 Å². The first kappa shape index (κ1) is 31.9. The lowest BCUT2D eigenvalue weighted by atomic mass is 10.0. The predicted octanol–water partition coefficient (Wildman–Crippen LogP) is -0.0970. The number of nitrogen functional groups attached to an aromatic ring is 1. The van der Waals surface area contributed by atoms with Gasteiger partial charge >= 0.3 is 12.1 Å². The number of anilines is 1. The predicted molar refractivity (Wildman–Crippen MR) is 155 cm³/mol. The lowest BCUT2D eigenvalue weighted by Gasteiger charge is -2.49. The van der Waals surface area contributed by atoms with Gasteiger partial charge in [0.2, 0.25) is 16.7 Å². The minimum Gasteiger partial charge on any atom is -0.477 e. The normalized spacial score (nSPS) is 18.6. The fourth-order valence-corrected chi connectivity index (χ4v) is 6.76. The van der Waals surface area contributed by atoms with Crippen LogP contribution in [-0.4, -0.2) is 111 Å². The van der Waals surface area contributed by atoms with Gasteiger partial charge < -0.3 is 31.0 Å². The Hall–Kier alpha value is -3.98. The molecule has 2 aliphatic heterocycles. The second-order valence-corrected chi connectivity index (χ2v) is 12.8. The lowest BCUT2D eigenvalue weighted by molar-refractivity contribution is -0.150. The van der Waals surface area contributed by atoms with Crippen LogP contribution in [0, 0.1) is 0 Å². The third-order valence-electron chi connectivity index (χ3n) is 5.68. The number of β-lactam (4-membered cyclic amide) rings is 1. The Morgan fingerprint density at radius 3 is 2.72 bits per heavy atom. The van der Waals surface area contributed by atoms with E-state index in [1.807, 2.05) is 0 Å². The number of carbonyl (C=O) groups is 4. The summed E-state index contributed by atoms with van der Waals surface area (Å²) in [5.74, 6) is -2.19. The molecular formula is C22H29N11O7S3. The van der Waals surface area contributed by atoms with E-state index in [-0.39, 0.29) is 28.1 Å². The molecule has 21 heteroatoms. The van der Waals surface area contributed by atoms with E-state index in [0.717, 1.165) is 16.4 Å². The summed E-state index contributed by atoms with van der Waals surface area (Å²) in [6, 6.07) is -0.999. The molecule has 2 atom stereocenters. The van der Waals surface area contributed by atoms with Crippen molar-refractivity contribution in [2.24, 2.45) is 5.16 Å². The maximum absolute atomic E-state index is 13.1. The van der Waals surface area contributed by atoms with Gasteiger partial charge in [-0.25, -0.2) is 14.3 Å². The second kappa shape index (κ2) is 13.5. The first-order valence-corrected chi connectivity index (χ1v) is 15.5. The SMILES string of the molecule is CON=C(C(=O)NC1C(=O)N2C(C(=O)O)=C(CSc3nnnn3CCCNC(=O)OC(C)(C)C)CS[C@@H]12)c1nsc(N)n1. The van der Waals surface area contributed by atoms with Crippen LogP contribution in [0.3, 0.4) is 0 Å². The van der Waals surface area contributed by atoms with Gasteiger partial charge in [0.25, 0.3) is 11.8 Å². The summed E-state index contributed by atoms with van der Waals surface area (Å²) < 4.78 is 10.7. The zero-order valence-electron chi connectivity index (χ0n) is 23.5. The molecule has 1 unspecified atom stereocenters. The van der Waals surface area contributed by atoms with E-state index in [0.29, 0.717) is 36.0 Å². The molecule has 232 valence electrons. The van der Waals surface area contributed by atoms with E-state index in [4.69, 9.17) is 15.3 Å². The van der Waals surface area contributed by atoms with Gasteiger partial charge in [-0.3, -0.25) is 14.5 Å². The number of ether oxygens (including phenoxy) is 1. The van der Waals surface area contributed by atoms with Gasteiger partial charge in [-0.15, -0.1) is 16.9 Å². The number of nitrogens with zero attached hydrogens (tertiary/aromatic N) is 8. The fraction of sp³-hybridized carbons (Fsp3) is 0.545. The third-order valence-corrected chi connectivity index (χ3v) is 8.60. The summed E-state index contributed by atoms with van der Waals surface area (Å²) in [6.45, 7) is 6.06. The zero-order chi connectivity index (χ0) is 31.3. The Balaban J connectivity index is 1.36. The first-order chi connectivity index (χ1) is 20.4. The molecule has 43 heavy (non-hydrogen) atoms. The highest BCUT2D eigenvalue weighted by atomic mass is 32.2. The molecule has 0 aromatic carbocycles. The van der Waals surface area contributed by atoms with Crippen LogP contribution in [0.25, 0.3) is 0 Å². The number of thioether (sulfide) groups is 2. The highest BCUT2D eigenvalue weighted by Gasteiger charge is 2.54. The molecule has 0 aliphatic carbocycles. The number of nitrogens with two attached hydrogens (primary N) is 1. The van der Waals surface area contributed by atoms with Crippen LogP contribution in [-0.2, 0) is 30.5 Å². The van der Waals surface area contributed by atoms with Gasteiger partial charge in [0.1, 0.15) is 29.8 Å². The number of carbonyl (C=O) groups excluding carboxylic acids is 3. The smallest absolute Gasteiger partial charge is 0.407 e. The van der Waals surface area contributed by atoms with Crippen LogP contribution < -0.4 is 16.4 Å². The van der Waals surface area contributed by atoms with Crippen molar-refractivity contribution < 1.29 is 33.9 Å². The molecule has 4 heterocycles. The number of amides is 3. The monoisotopic (exact) mass is 655 g/mol. The number of oxime groups is 1. The standard InChI is InChI=1S/C22H29N11O7S3/c1-22(2,3)40-21(38)24-6-5-7-32-20(27-30-31-32)42-9-10-8-41-17-12(16(35)33(17)13(10)18(36)37)25-15(34)11(28-39-4)14-26-19(23)43-29-14/h12,17H,5-9H2,1-4H3,(H,24,38)(H,25,34)(H,36,37)(H2,23,26,29)/t12?,17-/m0/s1. The third kappa shape index (κ3) is 7.70. The minimum atomic E-state index is -1.27. The Bertz CT molecular complexity index is 1450. The molecule has 1 saturated heterocycles. The number of rotatable bonds is 12. The van der Waals surface area contributed by atoms with Gasteiger partial charge in [0.05, 0.1) is 0 Å². The Morgan fingerprint density at radius 2 is 2.07 bits per heavy atom. The molecule has 2 aromatic heterocycles. The number of aryl methyl sites for hydroxylation is 1. The van der Waals surface area contributed by atoms with Gasteiger partial charge in [-0.1, -0.05) is 16.9 Å². The summed E-state index contributed by atoms with van der Waals surface area (Å²) in [5.41, 5.74) is 5.08. The molecule has 1 fully saturated rings. The molecule has 0 saturated carbocycles. The minimum absolute atomic E-state index is 0.0612. The molecule has 18 nitrogen and oxygen atoms in total. The number of aliphatic carboxylic acids is 1. The Morgan fingerprint density at radius 1 is 1.30 bits per heavy atom. The molecule has 0 spiro atoms. The number of hydrogen-bond acceptors (Lipinski definition) is 16. The molecule has 0 bridgehead atoms. The van der Waals surface area contributed by atoms with Crippen molar-refractivity contribution in [3.63, 3.8) is 0 Å². The van der Waals surface area contributed by atoms with Crippen molar-refractivity contribution in [3.05, 3.63) is 17.1 Å². The Labute approximate surface area is 257 Å². The van der Waals surface area contributed by atoms with Crippen LogP contribution in [0.5, 0.6) is 0 Å². The van der Waals surface area contributed by atoms with E-state index in [2.05, 4.69) is 40.7 Å².